The van der Waals surface area contributed by atoms with Gasteiger partial charge in [-0.2, -0.15) is 0 Å². The Morgan fingerprint density at radius 1 is 0.769 bits per heavy atom. The highest BCUT2D eigenvalue weighted by molar-refractivity contribution is 7.20. The van der Waals surface area contributed by atoms with Crippen LogP contribution in [0.15, 0.2) is 58.5 Å². The number of hydrogen-bond donors (Lipinski definition) is 8. The maximum atomic E-state index is 12.9. The molecular weight excluding hydrogens is 520 g/mol. The number of nitrogens with zero attached hydrogens (tertiary/aromatic N) is 2. The van der Waals surface area contributed by atoms with Crippen molar-refractivity contribution >= 4 is 67.7 Å². The molecule has 13 nitrogen and oxygen atoms in total. The zero-order valence-electron chi connectivity index (χ0n) is 20.8. The maximum Gasteiger partial charge on any atom is 0.272 e. The van der Waals surface area contributed by atoms with Crippen molar-refractivity contribution in [1.82, 2.24) is 15.6 Å². The van der Waals surface area contributed by atoms with E-state index in [9.17, 15) is 14.4 Å². The number of hydrogen-bond acceptors (Lipinski definition) is 6. The molecule has 3 amide bonds. The highest BCUT2D eigenvalue weighted by Gasteiger charge is 2.14. The van der Waals surface area contributed by atoms with Gasteiger partial charge in [-0.1, -0.05) is 6.07 Å². The molecule has 0 saturated heterocycles. The fourth-order valence-corrected chi connectivity index (χ4v) is 4.73. The quantitative estimate of drug-likeness (QED) is 0.0799. The molecule has 202 valence electrons. The van der Waals surface area contributed by atoms with E-state index in [0.29, 0.717) is 39.3 Å². The van der Waals surface area contributed by atoms with Gasteiger partial charge in [0.05, 0.1) is 18.0 Å². The van der Waals surface area contributed by atoms with Gasteiger partial charge < -0.3 is 43.9 Å². The molecule has 4 aromatic rings. The second-order valence-electron chi connectivity index (χ2n) is 8.43. The minimum Gasteiger partial charge on any atom is -0.370 e. The summed E-state index contributed by atoms with van der Waals surface area (Å²) in [7, 11) is 0. The van der Waals surface area contributed by atoms with Gasteiger partial charge in [-0.15, -0.1) is 11.3 Å². The van der Waals surface area contributed by atoms with Crippen LogP contribution in [-0.2, 0) is 0 Å². The van der Waals surface area contributed by atoms with E-state index in [1.165, 1.54) is 11.3 Å². The van der Waals surface area contributed by atoms with E-state index < -0.39 is 0 Å². The van der Waals surface area contributed by atoms with E-state index in [4.69, 9.17) is 22.9 Å². The molecule has 14 heteroatoms. The number of aromatic amines is 1. The van der Waals surface area contributed by atoms with E-state index in [1.54, 1.807) is 36.4 Å². The number of anilines is 1. The first-order chi connectivity index (χ1) is 18.7. The van der Waals surface area contributed by atoms with Crippen LogP contribution in [-0.4, -0.2) is 60.8 Å². The van der Waals surface area contributed by atoms with Gasteiger partial charge in [0.25, 0.3) is 17.7 Å². The molecule has 12 N–H and O–H groups in total. The van der Waals surface area contributed by atoms with Crippen molar-refractivity contribution in [2.75, 3.05) is 31.5 Å². The largest absolute Gasteiger partial charge is 0.370 e. The SMILES string of the molecule is NC(N)=NCCNC(=O)c1ccc2[nH]c(C(=O)Nc3ccc4cc(C(=O)NCCN=C(N)N)sc4c3)cc2c1. The van der Waals surface area contributed by atoms with Crippen LogP contribution in [0, 0.1) is 0 Å². The van der Waals surface area contributed by atoms with Crippen molar-refractivity contribution in [3.63, 3.8) is 0 Å². The van der Waals surface area contributed by atoms with Gasteiger partial charge in [0, 0.05) is 39.9 Å². The summed E-state index contributed by atoms with van der Waals surface area (Å²) in [5.74, 6) is -0.919. The fraction of sp³-hybridized carbons (Fsp3) is 0.160. The van der Waals surface area contributed by atoms with Crippen LogP contribution in [0.25, 0.3) is 21.0 Å². The molecule has 0 spiro atoms. The van der Waals surface area contributed by atoms with Crippen molar-refractivity contribution in [3.8, 4) is 0 Å². The van der Waals surface area contributed by atoms with Gasteiger partial charge in [-0.05, 0) is 47.9 Å². The Morgan fingerprint density at radius 2 is 1.46 bits per heavy atom. The Bertz CT molecular complexity index is 1600. The first-order valence-corrected chi connectivity index (χ1v) is 12.7. The number of rotatable bonds is 10. The second kappa shape index (κ2) is 12.0. The Kier molecular flexibility index (Phi) is 8.26. The highest BCUT2D eigenvalue weighted by atomic mass is 32.1. The molecule has 0 aliphatic heterocycles. The minimum atomic E-state index is -0.344. The lowest BCUT2D eigenvalue weighted by atomic mass is 10.1. The molecule has 0 aliphatic rings. The van der Waals surface area contributed by atoms with Gasteiger partial charge in [0.15, 0.2) is 11.9 Å². The Balaban J connectivity index is 1.40. The smallest absolute Gasteiger partial charge is 0.272 e. The number of guanidine groups is 2. The van der Waals surface area contributed by atoms with Crippen LogP contribution >= 0.6 is 11.3 Å². The minimum absolute atomic E-state index is 0.0300. The van der Waals surface area contributed by atoms with Gasteiger partial charge in [-0.3, -0.25) is 24.4 Å². The normalized spacial score (nSPS) is 10.7. The summed E-state index contributed by atoms with van der Waals surface area (Å²) in [4.78, 5) is 49.0. The number of benzene rings is 2. The van der Waals surface area contributed by atoms with Crippen molar-refractivity contribution in [2.24, 2.45) is 32.9 Å². The lowest BCUT2D eigenvalue weighted by Gasteiger charge is -2.03. The van der Waals surface area contributed by atoms with Crippen LogP contribution in [0.3, 0.4) is 0 Å². The molecule has 0 radical (unpaired) electrons. The molecule has 2 heterocycles. The summed E-state index contributed by atoms with van der Waals surface area (Å²) in [5, 5.41) is 9.96. The van der Waals surface area contributed by atoms with E-state index in [-0.39, 0.29) is 49.3 Å². The number of carbonyl (C=O) groups is 3. The van der Waals surface area contributed by atoms with Crippen molar-refractivity contribution < 1.29 is 14.4 Å². The lowest BCUT2D eigenvalue weighted by molar-refractivity contribution is 0.0948. The Labute approximate surface area is 226 Å². The molecule has 0 atom stereocenters. The predicted octanol–water partition coefficient (Wildman–Crippen LogP) is 0.641. The first-order valence-electron chi connectivity index (χ1n) is 11.8. The average molecular weight is 549 g/mol. The van der Waals surface area contributed by atoms with Gasteiger partial charge in [0.2, 0.25) is 0 Å². The number of aliphatic imine (C=N–C) groups is 2. The number of aromatic nitrogens is 1. The number of amides is 3. The van der Waals surface area contributed by atoms with Crippen LogP contribution in [0.1, 0.15) is 30.5 Å². The number of nitrogens with two attached hydrogens (primary N) is 4. The Hall–Kier alpha value is -5.11. The van der Waals surface area contributed by atoms with Gasteiger partial charge >= 0.3 is 0 Å². The van der Waals surface area contributed by atoms with E-state index in [1.807, 2.05) is 12.1 Å². The van der Waals surface area contributed by atoms with Crippen molar-refractivity contribution in [3.05, 3.63) is 64.7 Å². The zero-order valence-corrected chi connectivity index (χ0v) is 21.6. The van der Waals surface area contributed by atoms with Crippen LogP contribution in [0.2, 0.25) is 0 Å². The summed E-state index contributed by atoms with van der Waals surface area (Å²) in [6.07, 6.45) is 0. The number of thiophene rings is 1. The summed E-state index contributed by atoms with van der Waals surface area (Å²) < 4.78 is 0.842. The van der Waals surface area contributed by atoms with E-state index in [2.05, 4.69) is 30.9 Å². The standard InChI is InChI=1S/C25H28N10O3S/c26-24(27)32-7-5-30-21(36)14-2-4-17-15(9-14)10-18(35-17)22(37)34-16-3-1-13-11-20(39-19(13)12-16)23(38)31-6-8-33-25(28)29/h1-4,9-12,35H,5-8H2,(H,30,36)(H,31,38)(H,34,37)(H4,26,27,32)(H4,28,29,33). The van der Waals surface area contributed by atoms with Gasteiger partial charge in [0.1, 0.15) is 5.69 Å². The second-order valence-corrected chi connectivity index (χ2v) is 9.51. The van der Waals surface area contributed by atoms with Crippen LogP contribution < -0.4 is 38.9 Å². The molecule has 4 rings (SSSR count). The topological polar surface area (TPSA) is 232 Å². The molecule has 2 aromatic carbocycles. The lowest BCUT2D eigenvalue weighted by Crippen LogP contribution is -2.28. The number of fused-ring (bicyclic) bond motifs is 2. The molecule has 2 aromatic heterocycles. The highest BCUT2D eigenvalue weighted by Crippen LogP contribution is 2.29. The number of H-pyrrole nitrogens is 1. The molecule has 0 unspecified atom stereocenters. The Morgan fingerprint density at radius 3 is 2.15 bits per heavy atom. The third kappa shape index (κ3) is 7.01. The van der Waals surface area contributed by atoms with Crippen LogP contribution in [0.5, 0.6) is 0 Å². The van der Waals surface area contributed by atoms with Gasteiger partial charge in [-0.25, -0.2) is 0 Å². The molecule has 0 fully saturated rings. The fourth-order valence-electron chi connectivity index (χ4n) is 3.71. The third-order valence-corrected chi connectivity index (χ3v) is 6.61. The molecular formula is C25H28N10O3S. The van der Waals surface area contributed by atoms with E-state index in [0.717, 1.165) is 10.1 Å². The molecule has 0 bridgehead atoms. The summed E-state index contributed by atoms with van der Waals surface area (Å²) in [5.41, 5.74) is 23.2. The molecule has 0 aliphatic carbocycles. The first kappa shape index (κ1) is 26.9. The predicted molar refractivity (Wildman–Crippen MR) is 154 cm³/mol. The summed E-state index contributed by atoms with van der Waals surface area (Å²) >= 11 is 1.31. The molecule has 39 heavy (non-hydrogen) atoms. The number of nitrogens with one attached hydrogen (secondary N) is 4. The maximum absolute atomic E-state index is 12.9. The monoisotopic (exact) mass is 548 g/mol. The zero-order chi connectivity index (χ0) is 27.9. The van der Waals surface area contributed by atoms with Crippen molar-refractivity contribution in [2.45, 2.75) is 0 Å². The average Bonchev–Trinajstić information content (AvgIpc) is 3.52. The van der Waals surface area contributed by atoms with Crippen molar-refractivity contribution in [1.29, 1.82) is 0 Å². The molecule has 0 saturated carbocycles. The van der Waals surface area contributed by atoms with E-state index >= 15 is 0 Å². The third-order valence-electron chi connectivity index (χ3n) is 5.51. The summed E-state index contributed by atoms with van der Waals surface area (Å²) in [6.45, 7) is 1.16. The van der Waals surface area contributed by atoms with Crippen LogP contribution in [0.4, 0.5) is 5.69 Å². The summed E-state index contributed by atoms with van der Waals surface area (Å²) in [6, 6.07) is 14.0. The number of carbonyl (C=O) groups excluding carboxylic acids is 3.